The van der Waals surface area contributed by atoms with Gasteiger partial charge in [0.05, 0.1) is 53.2 Å². The summed E-state index contributed by atoms with van der Waals surface area (Å²) in [7, 11) is 3.14. The zero-order chi connectivity index (χ0) is 84.3. The zero-order valence-electron chi connectivity index (χ0n) is 62.8. The molecule has 119 heavy (non-hydrogen) atoms. The predicted molar refractivity (Wildman–Crippen MR) is 470 cm³/mol. The van der Waals surface area contributed by atoms with Gasteiger partial charge in [0.15, 0.2) is 46.1 Å². The van der Waals surface area contributed by atoms with E-state index < -0.39 is 17.5 Å². The van der Waals surface area contributed by atoms with Crippen molar-refractivity contribution in [2.45, 2.75) is 20.0 Å². The van der Waals surface area contributed by atoms with Crippen LogP contribution < -0.4 is 37.9 Å². The number of allylic oxidation sites excluding steroid dienone is 6. The summed E-state index contributed by atoms with van der Waals surface area (Å²) in [5, 5.41) is 9.37. The number of para-hydroxylation sites is 2. The third kappa shape index (κ3) is 20.7. The van der Waals surface area contributed by atoms with Crippen LogP contribution in [0, 0.1) is 13.8 Å². The minimum absolute atomic E-state index is 0.0541. The molecule has 0 amide bonds. The number of aromatic hydroxyl groups is 1. The molecule has 0 bridgehead atoms. The molecule has 18 rings (SSSR count). The summed E-state index contributed by atoms with van der Waals surface area (Å²) in [6, 6.07) is 74.2. The fraction of sp³-hybridized carbons (Fsp3) is 0.0526. The van der Waals surface area contributed by atoms with Crippen molar-refractivity contribution in [1.29, 1.82) is 0 Å². The monoisotopic (exact) mass is 1970 g/mol. The average Bonchev–Trinajstić information content (AvgIpc) is 1.74. The number of alkyl halides is 3. The molecule has 0 unspecified atom stereocenters. The Labute approximate surface area is 731 Å². The van der Waals surface area contributed by atoms with Gasteiger partial charge in [-0.15, -0.1) is 0 Å². The number of fused-ring (bicyclic) bond motifs is 6. The first kappa shape index (κ1) is 84.9. The molecule has 6 heterocycles. The van der Waals surface area contributed by atoms with E-state index in [-0.39, 0.29) is 57.5 Å². The van der Waals surface area contributed by atoms with Gasteiger partial charge in [0.1, 0.15) is 40.2 Å². The molecule has 0 saturated heterocycles. The number of ketones is 6. The Kier molecular flexibility index (Phi) is 26.9. The molecule has 6 aliphatic rings. The SMILES string of the molecule is COc1cc(Br)c(/C=C2\Oc3ccccc3C2=O)cc1OC.Cc1ccc2c(c1)C(=O)/C(=C/c1ccc(Br)cc1)O2.Cc1ccc2c(c1)O/C(=C\c1ccc(Br)cc1)C2=O.O=C1/C(=C/c2ccc(Br)cc2)Oc2cc(O)ccc21.O=C1/C(=C/c2ccc(Br)cc2)Oc2ccc(Br)cc21.O=C1/C(=C/c2ccccc2C(F)(F)F)Oc2ccccc21. The van der Waals surface area contributed by atoms with Crippen LogP contribution in [0.2, 0.25) is 0 Å². The highest BCUT2D eigenvalue weighted by Gasteiger charge is 2.36. The number of benzene rings is 12. The molecule has 0 atom stereocenters. The number of rotatable bonds is 8. The quantitative estimate of drug-likeness (QED) is 0.141. The number of aryl methyl sites for hydroxylation is 2. The van der Waals surface area contributed by atoms with E-state index in [1.165, 1.54) is 30.3 Å². The Bertz CT molecular complexity index is 5880. The first-order valence-corrected chi connectivity index (χ1v) is 40.7. The lowest BCUT2D eigenvalue weighted by atomic mass is 10.0. The lowest BCUT2D eigenvalue weighted by molar-refractivity contribution is -0.137. The fourth-order valence-electron chi connectivity index (χ4n) is 12.2. The zero-order valence-corrected chi connectivity index (χ0v) is 72.3. The van der Waals surface area contributed by atoms with Crippen LogP contribution in [0.25, 0.3) is 36.5 Å². The fourth-order valence-corrected chi connectivity index (χ4v) is 14.0. The van der Waals surface area contributed by atoms with E-state index in [4.69, 9.17) is 37.9 Å². The summed E-state index contributed by atoms with van der Waals surface area (Å²) in [6.45, 7) is 3.94. The summed E-state index contributed by atoms with van der Waals surface area (Å²) in [4.78, 5) is 73.1. The van der Waals surface area contributed by atoms with Gasteiger partial charge in [-0.1, -0.05) is 204 Å². The maximum absolute atomic E-state index is 12.9. The largest absolute Gasteiger partial charge is 0.508 e. The van der Waals surface area contributed by atoms with Gasteiger partial charge in [-0.3, -0.25) is 28.8 Å². The molecule has 6 aliphatic heterocycles. The van der Waals surface area contributed by atoms with E-state index in [9.17, 15) is 47.0 Å². The number of methoxy groups -OCH3 is 2. The summed E-state index contributed by atoms with van der Waals surface area (Å²) in [5.74, 6) is 5.16. The maximum atomic E-state index is 12.9. The average molecular weight is 1980 g/mol. The number of carbonyl (C=O) groups excluding carboxylic acids is 6. The number of Topliss-reactive ketones (excluding diaryl/α,β-unsaturated/α-hetero) is 6. The summed E-state index contributed by atoms with van der Waals surface area (Å²) < 4.78 is 88.2. The first-order valence-electron chi connectivity index (χ1n) is 35.9. The number of phenolic OH excluding ortho intramolecular Hbond substituents is 1. The smallest absolute Gasteiger partial charge is 0.416 e. The Morgan fingerprint density at radius 2 is 0.622 bits per heavy atom. The normalized spacial score (nSPS) is 15.4. The van der Waals surface area contributed by atoms with Crippen LogP contribution in [0.5, 0.6) is 51.7 Å². The van der Waals surface area contributed by atoms with E-state index in [0.717, 1.165) is 77.9 Å². The molecule has 24 heteroatoms. The summed E-state index contributed by atoms with van der Waals surface area (Å²) in [6.07, 6.45) is 5.31. The molecule has 594 valence electrons. The molecular formula is C95H61Br6F3O15. The minimum atomic E-state index is -4.48. The molecule has 0 spiro atoms. The van der Waals surface area contributed by atoms with Crippen LogP contribution in [0.1, 0.15) is 112 Å². The van der Waals surface area contributed by atoms with E-state index in [2.05, 4.69) is 95.6 Å². The van der Waals surface area contributed by atoms with Crippen LogP contribution in [-0.4, -0.2) is 54.0 Å². The van der Waals surface area contributed by atoms with Crippen molar-refractivity contribution in [2.24, 2.45) is 0 Å². The Balaban J connectivity index is 0.000000124. The van der Waals surface area contributed by atoms with E-state index in [1.807, 2.05) is 166 Å². The van der Waals surface area contributed by atoms with Crippen LogP contribution in [0.15, 0.2) is 316 Å². The van der Waals surface area contributed by atoms with Crippen molar-refractivity contribution in [3.05, 3.63) is 400 Å². The van der Waals surface area contributed by atoms with E-state index in [0.29, 0.717) is 96.7 Å². The standard InChI is InChI=1S/C17H13BrO4.2C16H11BrO2.C16H9F3O2.C15H8Br2O2.C15H9BrO3/c1-20-14-7-10(12(18)9-15(14)21-2)8-16-17(19)11-5-3-4-6-13(11)22-16;1-10-2-7-14-13(8-10)16(18)15(19-14)9-11-3-5-12(17)6-4-11;1-10-2-7-13-14(8-10)19-15(16(13)18)9-11-3-5-12(17)6-4-11;17-16(18,19)12-7-3-1-5-10(12)9-14-15(20)11-6-2-4-8-13(11)21-14;16-10-3-1-9(2-4-10)7-14-15(18)12-8-11(17)5-6-13(12)19-14;16-10-3-1-9(2-4-10)7-14-15(18)12-6-5-11(17)8-13(12)19-14/h3-9H,1-2H3;2*2-9H,1H3;1-9H;1-8H;1-8,17H/b16-8-;2*15-9-;14-9-;2*14-7-. The molecule has 0 saturated carbocycles. The number of hydrogen-bond donors (Lipinski definition) is 1. The third-order valence-electron chi connectivity index (χ3n) is 18.1. The second-order valence-corrected chi connectivity index (χ2v) is 31.9. The number of ether oxygens (including phenoxy) is 8. The van der Waals surface area contributed by atoms with Crippen molar-refractivity contribution in [3.63, 3.8) is 0 Å². The summed E-state index contributed by atoms with van der Waals surface area (Å²) >= 11 is 20.3. The Morgan fingerprint density at radius 1 is 0.303 bits per heavy atom. The molecule has 12 aromatic rings. The van der Waals surface area contributed by atoms with E-state index >= 15 is 0 Å². The predicted octanol–water partition coefficient (Wildman–Crippen LogP) is 25.8. The first-order chi connectivity index (χ1) is 57.1. The van der Waals surface area contributed by atoms with E-state index in [1.54, 1.807) is 111 Å². The number of carbonyl (C=O) groups is 6. The second-order valence-electron chi connectivity index (χ2n) is 26.5. The number of hydrogen-bond acceptors (Lipinski definition) is 15. The van der Waals surface area contributed by atoms with Gasteiger partial charge in [0, 0.05) is 32.9 Å². The topological polar surface area (TPSA) is 196 Å². The van der Waals surface area contributed by atoms with Crippen molar-refractivity contribution < 1.29 is 84.9 Å². The van der Waals surface area contributed by atoms with Crippen molar-refractivity contribution >= 4 is 167 Å². The van der Waals surface area contributed by atoms with Gasteiger partial charge in [-0.25, -0.2) is 0 Å². The van der Waals surface area contributed by atoms with Crippen molar-refractivity contribution in [3.8, 4) is 51.7 Å². The highest BCUT2D eigenvalue weighted by Crippen LogP contribution is 2.42. The van der Waals surface area contributed by atoms with Gasteiger partial charge in [0.25, 0.3) is 0 Å². The van der Waals surface area contributed by atoms with Crippen LogP contribution in [-0.2, 0) is 6.18 Å². The molecular weight excluding hydrogens is 1920 g/mol. The number of phenols is 1. The van der Waals surface area contributed by atoms with Crippen LogP contribution in [0.4, 0.5) is 13.2 Å². The lowest BCUT2D eigenvalue weighted by Gasteiger charge is -2.10. The van der Waals surface area contributed by atoms with Gasteiger partial charge < -0.3 is 43.0 Å². The van der Waals surface area contributed by atoms with Gasteiger partial charge in [-0.2, -0.15) is 13.2 Å². The lowest BCUT2D eigenvalue weighted by Crippen LogP contribution is -2.08. The molecule has 1 N–H and O–H groups in total. The molecule has 15 nitrogen and oxygen atoms in total. The molecule has 0 fully saturated rings. The van der Waals surface area contributed by atoms with Crippen molar-refractivity contribution in [1.82, 2.24) is 0 Å². The molecule has 0 aromatic heterocycles. The van der Waals surface area contributed by atoms with Gasteiger partial charge >= 0.3 is 6.18 Å². The van der Waals surface area contributed by atoms with Crippen molar-refractivity contribution in [2.75, 3.05) is 14.2 Å². The summed E-state index contributed by atoms with van der Waals surface area (Å²) in [5.41, 5.74) is 8.97. The highest BCUT2D eigenvalue weighted by molar-refractivity contribution is 9.11. The maximum Gasteiger partial charge on any atom is 0.416 e. The molecule has 0 radical (unpaired) electrons. The third-order valence-corrected chi connectivity index (χ3v) is 21.4. The van der Waals surface area contributed by atoms with Crippen LogP contribution in [0.3, 0.4) is 0 Å². The highest BCUT2D eigenvalue weighted by atomic mass is 79.9. The molecule has 0 aliphatic carbocycles. The van der Waals surface area contributed by atoms with Gasteiger partial charge in [0.2, 0.25) is 34.7 Å². The second kappa shape index (κ2) is 37.7. The minimum Gasteiger partial charge on any atom is -0.508 e. The Morgan fingerprint density at radius 3 is 1.06 bits per heavy atom. The molecule has 12 aromatic carbocycles. The number of halogens is 9. The van der Waals surface area contributed by atoms with Crippen LogP contribution >= 0.6 is 95.6 Å². The van der Waals surface area contributed by atoms with Gasteiger partial charge in [-0.05, 0) is 235 Å². The Hall–Kier alpha value is -12.0.